The van der Waals surface area contributed by atoms with E-state index < -0.39 is 0 Å². The van der Waals surface area contributed by atoms with Gasteiger partial charge in [0.05, 0.1) is 16.1 Å². The predicted octanol–water partition coefficient (Wildman–Crippen LogP) is 4.95. The summed E-state index contributed by atoms with van der Waals surface area (Å²) in [5.41, 5.74) is 5.00. The van der Waals surface area contributed by atoms with E-state index >= 15 is 0 Å². The predicted molar refractivity (Wildman–Crippen MR) is 101 cm³/mol. The number of thiazole rings is 1. The van der Waals surface area contributed by atoms with Gasteiger partial charge in [0, 0.05) is 18.0 Å². The van der Waals surface area contributed by atoms with Crippen molar-refractivity contribution in [3.05, 3.63) is 70.7 Å². The van der Waals surface area contributed by atoms with Crippen LogP contribution in [-0.4, -0.2) is 15.0 Å². The molecule has 0 N–H and O–H groups in total. The van der Waals surface area contributed by atoms with E-state index in [1.165, 1.54) is 5.39 Å². The van der Waals surface area contributed by atoms with Crippen LogP contribution in [0.25, 0.3) is 21.9 Å². The molecule has 25 heavy (non-hydrogen) atoms. The second-order valence-electron chi connectivity index (χ2n) is 5.89. The number of aromatic nitrogens is 3. The van der Waals surface area contributed by atoms with E-state index in [2.05, 4.69) is 45.3 Å². The van der Waals surface area contributed by atoms with Crippen molar-refractivity contribution in [3.63, 3.8) is 0 Å². The molecule has 0 fully saturated rings. The van der Waals surface area contributed by atoms with Crippen LogP contribution in [0.4, 0.5) is 0 Å². The summed E-state index contributed by atoms with van der Waals surface area (Å²) in [5.74, 6) is 1.64. The van der Waals surface area contributed by atoms with Crippen LogP contribution in [-0.2, 0) is 6.61 Å². The van der Waals surface area contributed by atoms with Gasteiger partial charge in [-0.05, 0) is 48.4 Å². The second kappa shape index (κ2) is 6.61. The van der Waals surface area contributed by atoms with E-state index in [1.54, 1.807) is 11.3 Å². The van der Waals surface area contributed by atoms with Crippen LogP contribution in [0, 0.1) is 13.8 Å². The Morgan fingerprint density at radius 2 is 1.68 bits per heavy atom. The van der Waals surface area contributed by atoms with Gasteiger partial charge in [-0.3, -0.25) is 0 Å². The zero-order valence-electron chi connectivity index (χ0n) is 14.1. The van der Waals surface area contributed by atoms with Crippen molar-refractivity contribution in [3.8, 4) is 16.9 Å². The molecule has 0 aliphatic heterocycles. The molecule has 0 bridgehead atoms. The monoisotopic (exact) mass is 347 g/mol. The van der Waals surface area contributed by atoms with Gasteiger partial charge in [-0.25, -0.2) is 15.0 Å². The van der Waals surface area contributed by atoms with Crippen molar-refractivity contribution in [1.82, 2.24) is 15.0 Å². The van der Waals surface area contributed by atoms with Crippen molar-refractivity contribution in [2.75, 3.05) is 0 Å². The fourth-order valence-corrected chi connectivity index (χ4v) is 3.34. The van der Waals surface area contributed by atoms with Gasteiger partial charge in [0.25, 0.3) is 0 Å². The lowest BCUT2D eigenvalue weighted by atomic mass is 10.0. The minimum Gasteiger partial charge on any atom is -0.488 e. The lowest BCUT2D eigenvalue weighted by Crippen LogP contribution is -1.95. The van der Waals surface area contributed by atoms with Crippen LogP contribution in [0.5, 0.6) is 5.75 Å². The maximum atomic E-state index is 5.95. The van der Waals surface area contributed by atoms with Gasteiger partial charge in [-0.1, -0.05) is 18.2 Å². The zero-order chi connectivity index (χ0) is 17.2. The van der Waals surface area contributed by atoms with E-state index in [9.17, 15) is 0 Å². The average Bonchev–Trinajstić information content (AvgIpc) is 3.05. The summed E-state index contributed by atoms with van der Waals surface area (Å²) in [7, 11) is 0. The quantitative estimate of drug-likeness (QED) is 0.524. The van der Waals surface area contributed by atoms with Gasteiger partial charge >= 0.3 is 0 Å². The standard InChI is InChI=1S/C20H17N3OS/c1-13-20(25-12-23-13)11-24-19-6-5-15-3-4-16(7-17(15)8-19)18-9-21-14(2)22-10-18/h3-10,12H,11H2,1-2H3. The molecule has 0 radical (unpaired) electrons. The summed E-state index contributed by atoms with van der Waals surface area (Å²) >= 11 is 1.62. The Kier molecular flexibility index (Phi) is 4.15. The number of ether oxygens (including phenoxy) is 1. The topological polar surface area (TPSA) is 47.9 Å². The Morgan fingerprint density at radius 3 is 2.44 bits per heavy atom. The molecular weight excluding hydrogens is 330 g/mol. The van der Waals surface area contributed by atoms with Crippen LogP contribution in [0.3, 0.4) is 0 Å². The Hall–Kier alpha value is -2.79. The number of rotatable bonds is 4. The molecule has 4 aromatic rings. The van der Waals surface area contributed by atoms with Crippen LogP contribution >= 0.6 is 11.3 Å². The fourth-order valence-electron chi connectivity index (χ4n) is 2.65. The number of hydrogen-bond donors (Lipinski definition) is 0. The van der Waals surface area contributed by atoms with Crippen molar-refractivity contribution in [2.24, 2.45) is 0 Å². The highest BCUT2D eigenvalue weighted by Gasteiger charge is 2.05. The van der Waals surface area contributed by atoms with E-state index in [0.29, 0.717) is 6.61 Å². The molecule has 0 spiro atoms. The maximum Gasteiger partial charge on any atom is 0.125 e. The van der Waals surface area contributed by atoms with Crippen LogP contribution < -0.4 is 4.74 Å². The van der Waals surface area contributed by atoms with Crippen molar-refractivity contribution >= 4 is 22.1 Å². The molecule has 5 heteroatoms. The molecule has 0 saturated heterocycles. The second-order valence-corrected chi connectivity index (χ2v) is 6.83. The largest absolute Gasteiger partial charge is 0.488 e. The van der Waals surface area contributed by atoms with Crippen molar-refractivity contribution < 1.29 is 4.74 Å². The highest BCUT2D eigenvalue weighted by molar-refractivity contribution is 7.09. The van der Waals surface area contributed by atoms with Gasteiger partial charge in [0.15, 0.2) is 0 Å². The Balaban J connectivity index is 1.62. The van der Waals surface area contributed by atoms with Gasteiger partial charge in [-0.2, -0.15) is 0 Å². The third-order valence-electron chi connectivity index (χ3n) is 4.14. The van der Waals surface area contributed by atoms with E-state index in [4.69, 9.17) is 4.74 Å². The number of benzene rings is 2. The normalized spacial score (nSPS) is 11.0. The minimum atomic E-state index is 0.549. The average molecular weight is 347 g/mol. The number of fused-ring (bicyclic) bond motifs is 1. The first kappa shape index (κ1) is 15.7. The molecule has 0 amide bonds. The molecule has 0 saturated carbocycles. The van der Waals surface area contributed by atoms with Crippen LogP contribution in [0.15, 0.2) is 54.3 Å². The third kappa shape index (κ3) is 3.37. The van der Waals surface area contributed by atoms with Gasteiger partial charge in [0.1, 0.15) is 18.2 Å². The Labute approximate surface area is 150 Å². The molecule has 0 unspecified atom stereocenters. The van der Waals surface area contributed by atoms with Gasteiger partial charge in [-0.15, -0.1) is 11.3 Å². The van der Waals surface area contributed by atoms with E-state index in [0.717, 1.165) is 38.7 Å². The summed E-state index contributed by atoms with van der Waals surface area (Å²) in [6.07, 6.45) is 3.72. The lowest BCUT2D eigenvalue weighted by molar-refractivity contribution is 0.309. The molecule has 2 aromatic heterocycles. The Bertz CT molecular complexity index is 1020. The van der Waals surface area contributed by atoms with E-state index in [1.807, 2.05) is 37.8 Å². The summed E-state index contributed by atoms with van der Waals surface area (Å²) in [6, 6.07) is 12.5. The van der Waals surface area contributed by atoms with Crippen molar-refractivity contribution in [1.29, 1.82) is 0 Å². The summed E-state index contributed by atoms with van der Waals surface area (Å²) in [5, 5.41) is 2.31. The minimum absolute atomic E-state index is 0.549. The molecule has 0 aliphatic rings. The third-order valence-corrected chi connectivity index (χ3v) is 5.05. The first-order valence-corrected chi connectivity index (χ1v) is 8.91. The summed E-state index contributed by atoms with van der Waals surface area (Å²) in [6.45, 7) is 4.44. The molecule has 2 aromatic carbocycles. The SMILES string of the molecule is Cc1ncc(-c2ccc3ccc(OCc4scnc4C)cc3c2)cn1. The first-order valence-electron chi connectivity index (χ1n) is 8.04. The Morgan fingerprint density at radius 1 is 0.880 bits per heavy atom. The highest BCUT2D eigenvalue weighted by atomic mass is 32.1. The summed E-state index contributed by atoms with van der Waals surface area (Å²) in [4.78, 5) is 14.0. The van der Waals surface area contributed by atoms with Crippen molar-refractivity contribution in [2.45, 2.75) is 20.5 Å². The molecule has 4 nitrogen and oxygen atoms in total. The number of nitrogens with zero attached hydrogens (tertiary/aromatic N) is 3. The lowest BCUT2D eigenvalue weighted by Gasteiger charge is -2.08. The smallest absolute Gasteiger partial charge is 0.125 e. The molecular formula is C20H17N3OS. The molecule has 124 valence electrons. The first-order chi connectivity index (χ1) is 12.2. The zero-order valence-corrected chi connectivity index (χ0v) is 14.9. The van der Waals surface area contributed by atoms with Gasteiger partial charge < -0.3 is 4.74 Å². The van der Waals surface area contributed by atoms with E-state index in [-0.39, 0.29) is 0 Å². The maximum absolute atomic E-state index is 5.95. The van der Waals surface area contributed by atoms with Gasteiger partial charge in [0.2, 0.25) is 0 Å². The molecule has 0 aliphatic carbocycles. The number of hydrogen-bond acceptors (Lipinski definition) is 5. The fraction of sp³-hybridized carbons (Fsp3) is 0.150. The molecule has 0 atom stereocenters. The van der Waals surface area contributed by atoms with Crippen LogP contribution in [0.2, 0.25) is 0 Å². The highest BCUT2D eigenvalue weighted by Crippen LogP contribution is 2.27. The van der Waals surface area contributed by atoms with Crippen LogP contribution in [0.1, 0.15) is 16.4 Å². The summed E-state index contributed by atoms with van der Waals surface area (Å²) < 4.78 is 5.95. The molecule has 2 heterocycles. The number of aryl methyl sites for hydroxylation is 2. The molecule has 4 rings (SSSR count).